The predicted molar refractivity (Wildman–Crippen MR) is 73.7 cm³/mol. The standard InChI is InChI=1S/C10H8BrIOS/c1-13-9-3-2-6-8(12)5-14-10(6)7(9)4-11/h2-3,5H,4H2,1H3. The minimum absolute atomic E-state index is 0.837. The van der Waals surface area contributed by atoms with Crippen LogP contribution in [0, 0.1) is 3.57 Å². The first-order valence-electron chi connectivity index (χ1n) is 4.06. The van der Waals surface area contributed by atoms with Crippen molar-refractivity contribution in [3.05, 3.63) is 26.6 Å². The van der Waals surface area contributed by atoms with Crippen LogP contribution in [0.4, 0.5) is 0 Å². The minimum atomic E-state index is 0.837. The van der Waals surface area contributed by atoms with E-state index in [-0.39, 0.29) is 0 Å². The summed E-state index contributed by atoms with van der Waals surface area (Å²) < 4.78 is 7.96. The molecule has 0 amide bonds. The van der Waals surface area contributed by atoms with Crippen molar-refractivity contribution in [1.29, 1.82) is 0 Å². The van der Waals surface area contributed by atoms with Crippen LogP contribution in [0.25, 0.3) is 10.1 Å². The molecule has 0 spiro atoms. The zero-order chi connectivity index (χ0) is 10.1. The molecule has 0 saturated carbocycles. The number of hydrogen-bond donors (Lipinski definition) is 0. The van der Waals surface area contributed by atoms with Gasteiger partial charge in [-0.15, -0.1) is 11.3 Å². The highest BCUT2D eigenvalue weighted by Gasteiger charge is 2.10. The van der Waals surface area contributed by atoms with Gasteiger partial charge in [-0.2, -0.15) is 0 Å². The SMILES string of the molecule is COc1ccc2c(I)csc2c1CBr. The van der Waals surface area contributed by atoms with E-state index >= 15 is 0 Å². The van der Waals surface area contributed by atoms with Gasteiger partial charge in [-0.25, -0.2) is 0 Å². The number of rotatable bonds is 2. The lowest BCUT2D eigenvalue weighted by Gasteiger charge is -2.06. The fraction of sp³-hybridized carbons (Fsp3) is 0.200. The number of halogens is 2. The van der Waals surface area contributed by atoms with E-state index in [9.17, 15) is 0 Å². The smallest absolute Gasteiger partial charge is 0.124 e. The average Bonchev–Trinajstić information content (AvgIpc) is 2.59. The van der Waals surface area contributed by atoms with E-state index in [1.807, 2.05) is 6.07 Å². The molecule has 1 nitrogen and oxygen atoms in total. The average molecular weight is 383 g/mol. The van der Waals surface area contributed by atoms with Gasteiger partial charge in [0.15, 0.2) is 0 Å². The van der Waals surface area contributed by atoms with Gasteiger partial charge in [-0.3, -0.25) is 0 Å². The fourth-order valence-corrected chi connectivity index (χ4v) is 4.15. The van der Waals surface area contributed by atoms with E-state index in [1.54, 1.807) is 18.4 Å². The van der Waals surface area contributed by atoms with Crippen molar-refractivity contribution >= 4 is 59.9 Å². The van der Waals surface area contributed by atoms with Crippen LogP contribution in [0.1, 0.15) is 5.56 Å². The molecule has 0 saturated heterocycles. The maximum atomic E-state index is 5.33. The largest absolute Gasteiger partial charge is 0.496 e. The van der Waals surface area contributed by atoms with Gasteiger partial charge in [0, 0.05) is 29.9 Å². The molecule has 0 aliphatic heterocycles. The number of benzene rings is 1. The number of ether oxygens (including phenoxy) is 1. The Balaban J connectivity index is 2.77. The number of thiophene rings is 1. The molecule has 2 aromatic rings. The molecule has 0 atom stereocenters. The van der Waals surface area contributed by atoms with Gasteiger partial charge in [0.05, 0.1) is 7.11 Å². The van der Waals surface area contributed by atoms with Gasteiger partial charge in [-0.1, -0.05) is 15.9 Å². The first-order chi connectivity index (χ1) is 6.77. The second-order valence-corrected chi connectivity index (χ2v) is 5.44. The minimum Gasteiger partial charge on any atom is -0.496 e. The van der Waals surface area contributed by atoms with Crippen molar-refractivity contribution in [2.24, 2.45) is 0 Å². The first-order valence-corrected chi connectivity index (χ1v) is 7.14. The molecule has 1 heterocycles. The number of hydrogen-bond acceptors (Lipinski definition) is 2. The molecular formula is C10H8BrIOS. The lowest BCUT2D eigenvalue weighted by molar-refractivity contribution is 0.412. The van der Waals surface area contributed by atoms with Gasteiger partial charge in [0.1, 0.15) is 5.75 Å². The Hall–Kier alpha value is 0.190. The number of methoxy groups -OCH3 is 1. The van der Waals surface area contributed by atoms with E-state index < -0.39 is 0 Å². The Labute approximate surface area is 109 Å². The maximum Gasteiger partial charge on any atom is 0.124 e. The Bertz CT molecular complexity index is 466. The molecule has 74 valence electrons. The molecule has 1 aromatic heterocycles. The molecule has 0 bridgehead atoms. The summed E-state index contributed by atoms with van der Waals surface area (Å²) in [6.45, 7) is 0. The Morgan fingerprint density at radius 1 is 1.50 bits per heavy atom. The van der Waals surface area contributed by atoms with Crippen molar-refractivity contribution in [3.8, 4) is 5.75 Å². The maximum absolute atomic E-state index is 5.33. The molecular weight excluding hydrogens is 375 g/mol. The normalized spacial score (nSPS) is 10.8. The van der Waals surface area contributed by atoms with E-state index in [2.05, 4.69) is 50.0 Å². The summed E-state index contributed by atoms with van der Waals surface area (Å²) >= 11 is 7.65. The van der Waals surface area contributed by atoms with Crippen LogP contribution >= 0.6 is 49.9 Å². The molecule has 14 heavy (non-hydrogen) atoms. The van der Waals surface area contributed by atoms with Crippen LogP contribution < -0.4 is 4.74 Å². The highest BCUT2D eigenvalue weighted by molar-refractivity contribution is 14.1. The first kappa shape index (κ1) is 10.7. The van der Waals surface area contributed by atoms with Crippen LogP contribution in [0.5, 0.6) is 5.75 Å². The molecule has 4 heteroatoms. The van der Waals surface area contributed by atoms with Gasteiger partial charge in [-0.05, 0) is 34.7 Å². The summed E-state index contributed by atoms with van der Waals surface area (Å²) in [4.78, 5) is 0. The van der Waals surface area contributed by atoms with Gasteiger partial charge in [0.25, 0.3) is 0 Å². The summed E-state index contributed by atoms with van der Waals surface area (Å²) in [7, 11) is 1.71. The van der Waals surface area contributed by atoms with Gasteiger partial charge >= 0.3 is 0 Å². The van der Waals surface area contributed by atoms with E-state index in [0.29, 0.717) is 0 Å². The zero-order valence-corrected chi connectivity index (χ0v) is 12.1. The summed E-state index contributed by atoms with van der Waals surface area (Å²) in [6.07, 6.45) is 0. The van der Waals surface area contributed by atoms with Crippen LogP contribution in [0.3, 0.4) is 0 Å². The highest BCUT2D eigenvalue weighted by Crippen LogP contribution is 2.36. The third kappa shape index (κ3) is 1.67. The van der Waals surface area contributed by atoms with Crippen molar-refractivity contribution in [3.63, 3.8) is 0 Å². The topological polar surface area (TPSA) is 9.23 Å². The van der Waals surface area contributed by atoms with Crippen molar-refractivity contribution in [2.75, 3.05) is 7.11 Å². The summed E-state index contributed by atoms with van der Waals surface area (Å²) in [6, 6.07) is 4.16. The summed E-state index contributed by atoms with van der Waals surface area (Å²) in [5.41, 5.74) is 1.25. The van der Waals surface area contributed by atoms with Crippen LogP contribution in [0.15, 0.2) is 17.5 Å². The quantitative estimate of drug-likeness (QED) is 0.552. The third-order valence-electron chi connectivity index (χ3n) is 2.11. The Morgan fingerprint density at radius 2 is 2.29 bits per heavy atom. The van der Waals surface area contributed by atoms with Crippen LogP contribution in [-0.2, 0) is 5.33 Å². The Morgan fingerprint density at radius 3 is 2.93 bits per heavy atom. The van der Waals surface area contributed by atoms with E-state index in [1.165, 1.54) is 19.2 Å². The highest BCUT2D eigenvalue weighted by atomic mass is 127. The van der Waals surface area contributed by atoms with Crippen molar-refractivity contribution in [1.82, 2.24) is 0 Å². The predicted octanol–water partition coefficient (Wildman–Crippen LogP) is 4.41. The molecule has 0 N–H and O–H groups in total. The lowest BCUT2D eigenvalue weighted by atomic mass is 10.2. The van der Waals surface area contributed by atoms with Crippen molar-refractivity contribution in [2.45, 2.75) is 5.33 Å². The number of fused-ring (bicyclic) bond motifs is 1. The van der Waals surface area contributed by atoms with E-state index in [4.69, 9.17) is 4.74 Å². The van der Waals surface area contributed by atoms with Crippen LogP contribution in [-0.4, -0.2) is 7.11 Å². The van der Waals surface area contributed by atoms with Gasteiger partial charge in [0.2, 0.25) is 0 Å². The van der Waals surface area contributed by atoms with E-state index in [0.717, 1.165) is 11.1 Å². The zero-order valence-electron chi connectivity index (χ0n) is 7.51. The monoisotopic (exact) mass is 382 g/mol. The fourth-order valence-electron chi connectivity index (χ4n) is 1.42. The van der Waals surface area contributed by atoms with Gasteiger partial charge < -0.3 is 4.74 Å². The number of alkyl halides is 1. The molecule has 0 fully saturated rings. The molecule has 0 aliphatic rings. The second kappa shape index (κ2) is 4.37. The molecule has 0 aliphatic carbocycles. The third-order valence-corrected chi connectivity index (χ3v) is 5.04. The Kier molecular flexibility index (Phi) is 3.34. The summed E-state index contributed by atoms with van der Waals surface area (Å²) in [5, 5.41) is 4.34. The van der Waals surface area contributed by atoms with Crippen molar-refractivity contribution < 1.29 is 4.74 Å². The summed E-state index contributed by atoms with van der Waals surface area (Å²) in [5.74, 6) is 0.965. The lowest BCUT2D eigenvalue weighted by Crippen LogP contribution is -1.88. The second-order valence-electron chi connectivity index (χ2n) is 2.84. The van der Waals surface area contributed by atoms with Crippen LogP contribution in [0.2, 0.25) is 0 Å². The molecule has 0 unspecified atom stereocenters. The molecule has 0 radical (unpaired) electrons. The molecule has 1 aromatic carbocycles. The molecule has 2 rings (SSSR count).